The molecule has 0 spiro atoms. The first kappa shape index (κ1) is 28.9. The molecule has 4 aromatic rings. The first-order chi connectivity index (χ1) is 20.1. The molecule has 0 unspecified atom stereocenters. The topological polar surface area (TPSA) is 80.9 Å². The van der Waals surface area contributed by atoms with E-state index in [1.165, 1.54) is 17.2 Å². The van der Waals surface area contributed by atoms with Gasteiger partial charge in [0, 0.05) is 34.6 Å². The fourth-order valence-corrected chi connectivity index (χ4v) is 5.22. The largest absolute Gasteiger partial charge is 0.497 e. The summed E-state index contributed by atoms with van der Waals surface area (Å²) in [6.45, 7) is 6.14. The minimum Gasteiger partial charge on any atom is -0.497 e. The van der Waals surface area contributed by atoms with Crippen molar-refractivity contribution in [1.82, 2.24) is 9.88 Å². The van der Waals surface area contributed by atoms with Gasteiger partial charge in [0.05, 0.1) is 25.0 Å². The molecule has 0 bridgehead atoms. The van der Waals surface area contributed by atoms with E-state index >= 15 is 0 Å². The SMILES string of the molecule is CCCOC(=O)C1=CN(C(=O)c2cc(F)c(F)c(OCc3ccc(OC)cc3)c2)CC(C)(C)c2c1[nH]c1ccccc21. The summed E-state index contributed by atoms with van der Waals surface area (Å²) in [6, 6.07) is 16.6. The number of rotatable bonds is 8. The highest BCUT2D eigenvalue weighted by Crippen LogP contribution is 2.40. The number of esters is 1. The van der Waals surface area contributed by atoms with Crippen LogP contribution in [0.4, 0.5) is 8.78 Å². The number of fused-ring (bicyclic) bond motifs is 3. The second kappa shape index (κ2) is 11.7. The Morgan fingerprint density at radius 1 is 1.05 bits per heavy atom. The molecule has 1 aromatic heterocycles. The first-order valence-corrected chi connectivity index (χ1v) is 13.7. The zero-order valence-electron chi connectivity index (χ0n) is 23.9. The maximum atomic E-state index is 14.8. The number of para-hydroxylation sites is 1. The third-order valence-corrected chi connectivity index (χ3v) is 7.22. The van der Waals surface area contributed by atoms with E-state index in [1.54, 1.807) is 31.4 Å². The van der Waals surface area contributed by atoms with Gasteiger partial charge in [-0.2, -0.15) is 4.39 Å². The van der Waals surface area contributed by atoms with Crippen molar-refractivity contribution in [3.8, 4) is 11.5 Å². The molecule has 5 rings (SSSR count). The van der Waals surface area contributed by atoms with Gasteiger partial charge in [-0.1, -0.05) is 51.1 Å². The Hall–Kier alpha value is -4.66. The average molecular weight is 575 g/mol. The molecule has 1 aliphatic rings. The second-order valence-corrected chi connectivity index (χ2v) is 10.8. The zero-order chi connectivity index (χ0) is 30.0. The van der Waals surface area contributed by atoms with Crippen LogP contribution in [0.15, 0.2) is 66.9 Å². The van der Waals surface area contributed by atoms with E-state index < -0.39 is 34.7 Å². The zero-order valence-corrected chi connectivity index (χ0v) is 23.9. The van der Waals surface area contributed by atoms with Crippen LogP contribution in [-0.4, -0.2) is 42.0 Å². The molecule has 42 heavy (non-hydrogen) atoms. The highest BCUT2D eigenvalue weighted by molar-refractivity contribution is 6.18. The molecule has 218 valence electrons. The highest BCUT2D eigenvalue weighted by atomic mass is 19.2. The van der Waals surface area contributed by atoms with Crippen LogP contribution in [0.3, 0.4) is 0 Å². The molecule has 0 saturated carbocycles. The molecule has 0 fully saturated rings. The van der Waals surface area contributed by atoms with Gasteiger partial charge in [0.25, 0.3) is 5.91 Å². The molecule has 3 aromatic carbocycles. The Balaban J connectivity index is 1.51. The van der Waals surface area contributed by atoms with Crippen molar-refractivity contribution in [2.24, 2.45) is 0 Å². The van der Waals surface area contributed by atoms with E-state index in [-0.39, 0.29) is 30.9 Å². The molecule has 9 heteroatoms. The van der Waals surface area contributed by atoms with Crippen LogP contribution in [0, 0.1) is 11.6 Å². The number of carbonyl (C=O) groups excluding carboxylic acids is 2. The fraction of sp³-hybridized carbons (Fsp3) is 0.273. The Morgan fingerprint density at radius 2 is 1.79 bits per heavy atom. The third kappa shape index (κ3) is 5.59. The maximum absolute atomic E-state index is 14.8. The van der Waals surface area contributed by atoms with Gasteiger partial charge in [-0.25, -0.2) is 9.18 Å². The van der Waals surface area contributed by atoms with Crippen LogP contribution in [0.1, 0.15) is 54.4 Å². The molecule has 1 aliphatic heterocycles. The molecule has 0 aliphatic carbocycles. The lowest BCUT2D eigenvalue weighted by Gasteiger charge is -2.29. The summed E-state index contributed by atoms with van der Waals surface area (Å²) in [6.07, 6.45) is 2.06. The van der Waals surface area contributed by atoms with Gasteiger partial charge < -0.3 is 24.1 Å². The third-order valence-electron chi connectivity index (χ3n) is 7.22. The van der Waals surface area contributed by atoms with Gasteiger partial charge >= 0.3 is 5.97 Å². The molecular weight excluding hydrogens is 542 g/mol. The number of methoxy groups -OCH3 is 1. The summed E-state index contributed by atoms with van der Waals surface area (Å²) in [5, 5.41) is 0.919. The smallest absolute Gasteiger partial charge is 0.341 e. The fourth-order valence-electron chi connectivity index (χ4n) is 5.22. The predicted molar refractivity (Wildman–Crippen MR) is 155 cm³/mol. The summed E-state index contributed by atoms with van der Waals surface area (Å²) >= 11 is 0. The number of amides is 1. The highest BCUT2D eigenvalue weighted by Gasteiger charge is 2.37. The number of H-pyrrole nitrogens is 1. The van der Waals surface area contributed by atoms with Crippen molar-refractivity contribution in [3.63, 3.8) is 0 Å². The second-order valence-electron chi connectivity index (χ2n) is 10.8. The van der Waals surface area contributed by atoms with Gasteiger partial charge in [0.2, 0.25) is 5.82 Å². The lowest BCUT2D eigenvalue weighted by molar-refractivity contribution is -0.136. The minimum atomic E-state index is -1.22. The number of halogens is 2. The summed E-state index contributed by atoms with van der Waals surface area (Å²) in [5.41, 5.74) is 2.39. The van der Waals surface area contributed by atoms with E-state index in [9.17, 15) is 18.4 Å². The Bertz CT molecular complexity index is 1670. The molecule has 1 amide bonds. The summed E-state index contributed by atoms with van der Waals surface area (Å²) in [7, 11) is 1.54. The predicted octanol–water partition coefficient (Wildman–Crippen LogP) is 6.76. The van der Waals surface area contributed by atoms with Crippen LogP contribution >= 0.6 is 0 Å². The van der Waals surface area contributed by atoms with Crippen LogP contribution in [-0.2, 0) is 21.6 Å². The van der Waals surface area contributed by atoms with E-state index in [4.69, 9.17) is 14.2 Å². The molecule has 0 saturated heterocycles. The van der Waals surface area contributed by atoms with Crippen molar-refractivity contribution >= 4 is 28.4 Å². The number of nitrogens with zero attached hydrogens (tertiary/aromatic N) is 1. The standard InChI is InChI=1S/C33H32F2N2O5/c1-5-14-41-32(39)24-17-37(19-33(2,3)28-23-8-6-7-9-26(23)36-30(24)28)31(38)21-15-25(34)29(35)27(16-21)42-18-20-10-12-22(40-4)13-11-20/h6-13,15-17,36H,5,14,18-19H2,1-4H3. The molecule has 1 N–H and O–H groups in total. The molecule has 0 radical (unpaired) electrons. The average Bonchev–Trinajstić information content (AvgIpc) is 3.33. The lowest BCUT2D eigenvalue weighted by atomic mass is 9.81. The normalized spacial score (nSPS) is 14.1. The molecule has 2 heterocycles. The lowest BCUT2D eigenvalue weighted by Crippen LogP contribution is -2.37. The van der Waals surface area contributed by atoms with Crippen molar-refractivity contribution < 1.29 is 32.6 Å². The summed E-state index contributed by atoms with van der Waals surface area (Å²) in [4.78, 5) is 31.9. The van der Waals surface area contributed by atoms with Crippen molar-refractivity contribution in [2.75, 3.05) is 20.3 Å². The van der Waals surface area contributed by atoms with Gasteiger partial charge in [0.15, 0.2) is 11.6 Å². The molecular formula is C33H32F2N2O5. The quantitative estimate of drug-likeness (QED) is 0.235. The maximum Gasteiger partial charge on any atom is 0.341 e. The number of hydrogen-bond acceptors (Lipinski definition) is 5. The van der Waals surface area contributed by atoms with E-state index in [1.807, 2.05) is 45.0 Å². The number of ether oxygens (including phenoxy) is 3. The summed E-state index contributed by atoms with van der Waals surface area (Å²) < 4.78 is 45.7. The van der Waals surface area contributed by atoms with Gasteiger partial charge in [-0.3, -0.25) is 4.79 Å². The number of carbonyl (C=O) groups is 2. The van der Waals surface area contributed by atoms with Crippen molar-refractivity contribution in [1.29, 1.82) is 0 Å². The van der Waals surface area contributed by atoms with Crippen molar-refractivity contribution in [2.45, 2.75) is 39.2 Å². The molecule has 0 atom stereocenters. The molecule has 7 nitrogen and oxygen atoms in total. The van der Waals surface area contributed by atoms with Crippen molar-refractivity contribution in [3.05, 3.63) is 101 Å². The summed E-state index contributed by atoms with van der Waals surface area (Å²) in [5.74, 6) is -3.37. The Kier molecular flexibility index (Phi) is 8.02. The van der Waals surface area contributed by atoms with Crippen LogP contribution in [0.5, 0.6) is 11.5 Å². The van der Waals surface area contributed by atoms with Gasteiger partial charge in [-0.05, 0) is 47.9 Å². The van der Waals surface area contributed by atoms with E-state index in [0.29, 0.717) is 23.4 Å². The number of aromatic amines is 1. The number of nitrogens with one attached hydrogen (secondary N) is 1. The van der Waals surface area contributed by atoms with E-state index in [0.717, 1.165) is 22.5 Å². The Labute approximate surface area is 242 Å². The Morgan fingerprint density at radius 3 is 2.50 bits per heavy atom. The monoisotopic (exact) mass is 574 g/mol. The van der Waals surface area contributed by atoms with Crippen LogP contribution in [0.2, 0.25) is 0 Å². The number of hydrogen-bond donors (Lipinski definition) is 1. The van der Waals surface area contributed by atoms with Gasteiger partial charge in [-0.15, -0.1) is 0 Å². The number of benzene rings is 3. The van der Waals surface area contributed by atoms with Crippen LogP contribution < -0.4 is 9.47 Å². The first-order valence-electron chi connectivity index (χ1n) is 13.7. The van der Waals surface area contributed by atoms with E-state index in [2.05, 4.69) is 4.98 Å². The van der Waals surface area contributed by atoms with Gasteiger partial charge in [0.1, 0.15) is 12.4 Å². The number of aromatic nitrogens is 1. The van der Waals surface area contributed by atoms with Crippen LogP contribution in [0.25, 0.3) is 16.5 Å². The minimum absolute atomic E-state index is 0.0518.